The van der Waals surface area contributed by atoms with Crippen molar-refractivity contribution in [3.63, 3.8) is 0 Å². The number of alkyl halides is 1. The molecule has 1 fully saturated rings. The second-order valence-corrected chi connectivity index (χ2v) is 6.37. The fourth-order valence-electron chi connectivity index (χ4n) is 2.34. The van der Waals surface area contributed by atoms with E-state index in [9.17, 15) is 0 Å². The van der Waals surface area contributed by atoms with Crippen molar-refractivity contribution >= 4 is 31.9 Å². The van der Waals surface area contributed by atoms with Gasteiger partial charge in [-0.2, -0.15) is 0 Å². The quantitative estimate of drug-likeness (QED) is 0.724. The van der Waals surface area contributed by atoms with Crippen LogP contribution in [0.15, 0.2) is 28.7 Å². The number of benzene rings is 1. The van der Waals surface area contributed by atoms with Gasteiger partial charge < -0.3 is 4.74 Å². The van der Waals surface area contributed by atoms with Crippen molar-refractivity contribution in [2.45, 2.75) is 25.5 Å². The molecule has 18 heavy (non-hydrogen) atoms. The first-order valence-electron chi connectivity index (χ1n) is 6.42. The van der Waals surface area contributed by atoms with Gasteiger partial charge in [-0.3, -0.25) is 4.90 Å². The zero-order valence-corrected chi connectivity index (χ0v) is 13.6. The summed E-state index contributed by atoms with van der Waals surface area (Å²) in [6, 6.07) is 8.57. The molecule has 0 unspecified atom stereocenters. The highest BCUT2D eigenvalue weighted by Gasteiger charge is 2.19. The Kier molecular flexibility index (Phi) is 6.15. The summed E-state index contributed by atoms with van der Waals surface area (Å²) in [6.07, 6.45) is 2.77. The van der Waals surface area contributed by atoms with Crippen molar-refractivity contribution in [2.24, 2.45) is 0 Å². The molecule has 0 saturated carbocycles. The highest BCUT2D eigenvalue weighted by atomic mass is 79.9. The van der Waals surface area contributed by atoms with E-state index in [-0.39, 0.29) is 0 Å². The lowest BCUT2D eigenvalue weighted by Gasteiger charge is -2.31. The summed E-state index contributed by atoms with van der Waals surface area (Å²) in [5.74, 6) is 0. The average Bonchev–Trinajstić information content (AvgIpc) is 2.38. The Morgan fingerprint density at radius 1 is 1.28 bits per heavy atom. The maximum Gasteiger partial charge on any atom is 0.0599 e. The number of hydrogen-bond donors (Lipinski definition) is 0. The Hall–Kier alpha value is 0.100. The lowest BCUT2D eigenvalue weighted by Crippen LogP contribution is -2.36. The predicted molar refractivity (Wildman–Crippen MR) is 82.2 cm³/mol. The third kappa shape index (κ3) is 4.65. The largest absolute Gasteiger partial charge is 0.377 e. The molecule has 0 amide bonds. The van der Waals surface area contributed by atoms with E-state index in [2.05, 4.69) is 61.0 Å². The SMILES string of the molecule is BrCCOC1CCN(Cc2cccc(Br)c2)CC1. The zero-order chi connectivity index (χ0) is 12.8. The Balaban J connectivity index is 1.76. The van der Waals surface area contributed by atoms with Gasteiger partial charge in [-0.1, -0.05) is 44.0 Å². The molecule has 1 heterocycles. The Morgan fingerprint density at radius 3 is 2.72 bits per heavy atom. The van der Waals surface area contributed by atoms with E-state index in [0.717, 1.165) is 48.9 Å². The summed E-state index contributed by atoms with van der Waals surface area (Å²) < 4.78 is 6.93. The number of ether oxygens (including phenoxy) is 1. The van der Waals surface area contributed by atoms with Gasteiger partial charge in [0.1, 0.15) is 0 Å². The number of halogens is 2. The predicted octanol–water partition coefficient (Wildman–Crippen LogP) is 3.83. The third-order valence-corrected chi connectivity index (χ3v) is 4.08. The molecular formula is C14H19Br2NO. The summed E-state index contributed by atoms with van der Waals surface area (Å²) in [7, 11) is 0. The molecule has 100 valence electrons. The van der Waals surface area contributed by atoms with Gasteiger partial charge >= 0.3 is 0 Å². The molecule has 0 N–H and O–H groups in total. The molecule has 1 aromatic rings. The molecule has 2 rings (SSSR count). The fourth-order valence-corrected chi connectivity index (χ4v) is 2.97. The molecule has 1 saturated heterocycles. The molecule has 1 aliphatic heterocycles. The molecule has 0 aliphatic carbocycles. The van der Waals surface area contributed by atoms with Crippen LogP contribution in [0.4, 0.5) is 0 Å². The third-order valence-electron chi connectivity index (χ3n) is 3.26. The first kappa shape index (κ1) is 14.5. The Morgan fingerprint density at radius 2 is 2.06 bits per heavy atom. The van der Waals surface area contributed by atoms with E-state index >= 15 is 0 Å². The topological polar surface area (TPSA) is 12.5 Å². The second-order valence-electron chi connectivity index (χ2n) is 4.67. The van der Waals surface area contributed by atoms with Crippen LogP contribution >= 0.6 is 31.9 Å². The van der Waals surface area contributed by atoms with Crippen LogP contribution in [0.5, 0.6) is 0 Å². The lowest BCUT2D eigenvalue weighted by molar-refractivity contribution is 0.0141. The Labute approximate surface area is 126 Å². The zero-order valence-electron chi connectivity index (χ0n) is 10.4. The minimum atomic E-state index is 0.460. The molecule has 0 spiro atoms. The van der Waals surface area contributed by atoms with E-state index in [0.29, 0.717) is 6.10 Å². The van der Waals surface area contributed by atoms with Crippen molar-refractivity contribution < 1.29 is 4.74 Å². The van der Waals surface area contributed by atoms with Crippen LogP contribution in [0.2, 0.25) is 0 Å². The second kappa shape index (κ2) is 7.63. The maximum atomic E-state index is 5.77. The minimum Gasteiger partial charge on any atom is -0.377 e. The van der Waals surface area contributed by atoms with Gasteiger partial charge in [0.15, 0.2) is 0 Å². The smallest absolute Gasteiger partial charge is 0.0599 e. The van der Waals surface area contributed by atoms with Crippen molar-refractivity contribution in [2.75, 3.05) is 25.0 Å². The van der Waals surface area contributed by atoms with Crippen LogP contribution in [0.3, 0.4) is 0 Å². The summed E-state index contributed by atoms with van der Waals surface area (Å²) in [6.45, 7) is 4.15. The van der Waals surface area contributed by atoms with Crippen LogP contribution in [0.1, 0.15) is 18.4 Å². The van der Waals surface area contributed by atoms with Crippen LogP contribution in [-0.2, 0) is 11.3 Å². The van der Waals surface area contributed by atoms with Crippen molar-refractivity contribution in [1.29, 1.82) is 0 Å². The molecule has 1 aromatic carbocycles. The van der Waals surface area contributed by atoms with Gasteiger partial charge in [0, 0.05) is 29.4 Å². The number of likely N-dealkylation sites (tertiary alicyclic amines) is 1. The Bertz CT molecular complexity index is 365. The van der Waals surface area contributed by atoms with Crippen LogP contribution in [0.25, 0.3) is 0 Å². The molecule has 2 nitrogen and oxygen atoms in total. The molecule has 4 heteroatoms. The molecule has 0 radical (unpaired) electrons. The summed E-state index contributed by atoms with van der Waals surface area (Å²) in [5, 5.41) is 0.936. The molecule has 0 bridgehead atoms. The highest BCUT2D eigenvalue weighted by Crippen LogP contribution is 2.18. The first-order chi connectivity index (χ1) is 8.78. The van der Waals surface area contributed by atoms with Gasteiger partial charge in [-0.05, 0) is 30.5 Å². The standard InChI is InChI=1S/C14H19Br2NO/c15-6-9-18-14-4-7-17(8-5-14)11-12-2-1-3-13(16)10-12/h1-3,10,14H,4-9,11H2. The van der Waals surface area contributed by atoms with E-state index in [1.54, 1.807) is 0 Å². The number of hydrogen-bond acceptors (Lipinski definition) is 2. The van der Waals surface area contributed by atoms with Gasteiger partial charge in [-0.15, -0.1) is 0 Å². The lowest BCUT2D eigenvalue weighted by atomic mass is 10.1. The van der Waals surface area contributed by atoms with E-state index in [1.165, 1.54) is 5.56 Å². The van der Waals surface area contributed by atoms with Gasteiger partial charge in [0.25, 0.3) is 0 Å². The van der Waals surface area contributed by atoms with Crippen LogP contribution < -0.4 is 0 Å². The van der Waals surface area contributed by atoms with E-state index < -0.39 is 0 Å². The minimum absolute atomic E-state index is 0.460. The van der Waals surface area contributed by atoms with E-state index in [4.69, 9.17) is 4.74 Å². The first-order valence-corrected chi connectivity index (χ1v) is 8.34. The molecule has 0 aromatic heterocycles. The van der Waals surface area contributed by atoms with Crippen LogP contribution in [-0.4, -0.2) is 36.0 Å². The number of rotatable bonds is 5. The summed E-state index contributed by atoms with van der Waals surface area (Å²) in [4.78, 5) is 2.51. The maximum absolute atomic E-state index is 5.77. The molecule has 1 aliphatic rings. The van der Waals surface area contributed by atoms with Crippen molar-refractivity contribution in [1.82, 2.24) is 4.90 Å². The van der Waals surface area contributed by atoms with Gasteiger partial charge in [0.05, 0.1) is 12.7 Å². The van der Waals surface area contributed by atoms with Crippen LogP contribution in [0, 0.1) is 0 Å². The normalized spacial score (nSPS) is 18.1. The molecule has 0 atom stereocenters. The average molecular weight is 377 g/mol. The summed E-state index contributed by atoms with van der Waals surface area (Å²) in [5.41, 5.74) is 1.38. The van der Waals surface area contributed by atoms with Gasteiger partial charge in [0.2, 0.25) is 0 Å². The number of nitrogens with zero attached hydrogens (tertiary/aromatic N) is 1. The number of piperidine rings is 1. The van der Waals surface area contributed by atoms with E-state index in [1.807, 2.05) is 0 Å². The molecular weight excluding hydrogens is 358 g/mol. The van der Waals surface area contributed by atoms with Crippen molar-refractivity contribution in [3.8, 4) is 0 Å². The summed E-state index contributed by atoms with van der Waals surface area (Å²) >= 11 is 6.92. The fraction of sp³-hybridized carbons (Fsp3) is 0.571. The van der Waals surface area contributed by atoms with Crippen molar-refractivity contribution in [3.05, 3.63) is 34.3 Å². The highest BCUT2D eigenvalue weighted by molar-refractivity contribution is 9.10. The van der Waals surface area contributed by atoms with Gasteiger partial charge in [-0.25, -0.2) is 0 Å². The monoisotopic (exact) mass is 375 g/mol.